The maximum atomic E-state index is 12.4. The van der Waals surface area contributed by atoms with Crippen molar-refractivity contribution in [2.24, 2.45) is 0 Å². The van der Waals surface area contributed by atoms with E-state index in [-0.39, 0.29) is 5.97 Å². The maximum absolute atomic E-state index is 12.4. The monoisotopic (exact) mass is 384 g/mol. The third-order valence-corrected chi connectivity index (χ3v) is 5.13. The van der Waals surface area contributed by atoms with Crippen LogP contribution in [0, 0.1) is 0 Å². The summed E-state index contributed by atoms with van der Waals surface area (Å²) in [6.07, 6.45) is 2.17. The van der Waals surface area contributed by atoms with E-state index >= 15 is 0 Å². The van der Waals surface area contributed by atoms with Crippen LogP contribution in [0.2, 0.25) is 0 Å². The molecule has 0 radical (unpaired) electrons. The van der Waals surface area contributed by atoms with Crippen LogP contribution < -0.4 is 5.32 Å². The number of hydrogen-bond donors (Lipinski definition) is 1. The Kier molecular flexibility index (Phi) is 5.73. The molecule has 0 unspecified atom stereocenters. The number of para-hydroxylation sites is 1. The first-order valence-corrected chi connectivity index (χ1v) is 9.73. The molecule has 0 spiro atoms. The molecule has 1 N–H and O–H groups in total. The van der Waals surface area contributed by atoms with Crippen LogP contribution in [0.5, 0.6) is 0 Å². The summed E-state index contributed by atoms with van der Waals surface area (Å²) in [6.45, 7) is 1.37. The van der Waals surface area contributed by atoms with Gasteiger partial charge in [-0.25, -0.2) is 4.79 Å². The summed E-state index contributed by atoms with van der Waals surface area (Å²) in [5.41, 5.74) is 4.49. The highest BCUT2D eigenvalue weighted by molar-refractivity contribution is 5.84. The number of rotatable bonds is 7. The molecule has 3 aromatic carbocycles. The van der Waals surface area contributed by atoms with Crippen molar-refractivity contribution in [3.8, 4) is 0 Å². The smallest absolute Gasteiger partial charge is 0.327 e. The molecule has 146 valence electrons. The van der Waals surface area contributed by atoms with E-state index in [1.54, 1.807) is 0 Å². The Labute approximate surface area is 170 Å². The highest BCUT2D eigenvalue weighted by atomic mass is 16.5. The molecule has 0 aliphatic rings. The molecule has 0 saturated carbocycles. The van der Waals surface area contributed by atoms with E-state index in [4.69, 9.17) is 4.74 Å². The fraction of sp³-hybridized carbons (Fsp3) is 0.160. The van der Waals surface area contributed by atoms with Crippen molar-refractivity contribution in [1.82, 2.24) is 9.88 Å². The van der Waals surface area contributed by atoms with Crippen LogP contribution in [0.25, 0.3) is 10.9 Å². The minimum Gasteiger partial charge on any atom is -0.468 e. The largest absolute Gasteiger partial charge is 0.468 e. The highest BCUT2D eigenvalue weighted by Crippen LogP contribution is 2.24. The van der Waals surface area contributed by atoms with Gasteiger partial charge in [0, 0.05) is 30.2 Å². The molecular formula is C25H24N2O2. The topological polar surface area (TPSA) is 43.3 Å². The number of nitrogens with one attached hydrogen (secondary N) is 1. The standard InChI is InChI=1S/C25H24N2O2/c1-29-25(28)24(20-12-6-3-7-13-20)26-16-21-18-27(17-19-10-4-2-5-11-19)23-15-9-8-14-22(21)23/h2-15,18,24,26H,16-17H2,1H3/t24-/m1/s1. The van der Waals surface area contributed by atoms with Crippen molar-refractivity contribution in [3.63, 3.8) is 0 Å². The number of hydrogen-bond acceptors (Lipinski definition) is 3. The Morgan fingerprint density at radius 2 is 1.59 bits per heavy atom. The van der Waals surface area contributed by atoms with Gasteiger partial charge in [0.2, 0.25) is 0 Å². The Morgan fingerprint density at radius 3 is 2.31 bits per heavy atom. The lowest BCUT2D eigenvalue weighted by atomic mass is 10.1. The normalized spacial score (nSPS) is 12.0. The number of methoxy groups -OCH3 is 1. The van der Waals surface area contributed by atoms with Gasteiger partial charge in [0.05, 0.1) is 7.11 Å². The van der Waals surface area contributed by atoms with Crippen molar-refractivity contribution < 1.29 is 9.53 Å². The van der Waals surface area contributed by atoms with Crippen LogP contribution in [0.4, 0.5) is 0 Å². The average Bonchev–Trinajstić information content (AvgIpc) is 3.12. The Balaban J connectivity index is 1.61. The van der Waals surface area contributed by atoms with Gasteiger partial charge in [0.25, 0.3) is 0 Å². The van der Waals surface area contributed by atoms with Crippen molar-refractivity contribution in [3.05, 3.63) is 108 Å². The number of aromatic nitrogens is 1. The zero-order valence-corrected chi connectivity index (χ0v) is 16.4. The van der Waals surface area contributed by atoms with Crippen molar-refractivity contribution in [2.45, 2.75) is 19.1 Å². The third-order valence-electron chi connectivity index (χ3n) is 5.13. The van der Waals surface area contributed by atoms with Crippen LogP contribution in [-0.2, 0) is 22.6 Å². The number of carbonyl (C=O) groups excluding carboxylic acids is 1. The summed E-state index contributed by atoms with van der Waals surface area (Å²) < 4.78 is 7.28. The zero-order valence-electron chi connectivity index (χ0n) is 16.4. The van der Waals surface area contributed by atoms with Crippen molar-refractivity contribution in [2.75, 3.05) is 7.11 Å². The molecule has 0 amide bonds. The molecular weight excluding hydrogens is 360 g/mol. The van der Waals surface area contributed by atoms with Gasteiger partial charge in [-0.1, -0.05) is 78.9 Å². The molecule has 4 rings (SSSR count). The van der Waals surface area contributed by atoms with Crippen LogP contribution in [0.15, 0.2) is 91.1 Å². The highest BCUT2D eigenvalue weighted by Gasteiger charge is 2.21. The summed E-state index contributed by atoms with van der Waals surface area (Å²) in [6, 6.07) is 28.0. The van der Waals surface area contributed by atoms with Gasteiger partial charge in [-0.2, -0.15) is 0 Å². The first-order chi connectivity index (χ1) is 14.3. The van der Waals surface area contributed by atoms with Gasteiger partial charge in [0.15, 0.2) is 0 Å². The summed E-state index contributed by atoms with van der Waals surface area (Å²) >= 11 is 0. The zero-order chi connectivity index (χ0) is 20.1. The molecule has 0 saturated heterocycles. The molecule has 4 heteroatoms. The minimum absolute atomic E-state index is 0.288. The molecule has 1 atom stereocenters. The first-order valence-electron chi connectivity index (χ1n) is 9.73. The Bertz CT molecular complexity index is 1090. The summed E-state index contributed by atoms with van der Waals surface area (Å²) in [4.78, 5) is 12.4. The molecule has 4 nitrogen and oxygen atoms in total. The summed E-state index contributed by atoms with van der Waals surface area (Å²) in [7, 11) is 1.42. The molecule has 29 heavy (non-hydrogen) atoms. The number of carbonyl (C=O) groups is 1. The van der Waals surface area contributed by atoms with E-state index in [1.807, 2.05) is 42.5 Å². The third kappa shape index (κ3) is 4.23. The number of esters is 1. The van der Waals surface area contributed by atoms with E-state index < -0.39 is 6.04 Å². The lowest BCUT2D eigenvalue weighted by Gasteiger charge is -2.16. The minimum atomic E-state index is -0.502. The van der Waals surface area contributed by atoms with Crippen LogP contribution in [0.1, 0.15) is 22.7 Å². The second-order valence-corrected chi connectivity index (χ2v) is 7.03. The van der Waals surface area contributed by atoms with Gasteiger partial charge in [-0.15, -0.1) is 0 Å². The van der Waals surface area contributed by atoms with Gasteiger partial charge >= 0.3 is 5.97 Å². The number of benzene rings is 3. The predicted octanol–water partition coefficient (Wildman–Crippen LogP) is 4.69. The van der Waals surface area contributed by atoms with Crippen LogP contribution >= 0.6 is 0 Å². The summed E-state index contributed by atoms with van der Waals surface area (Å²) in [5, 5.41) is 4.57. The van der Waals surface area contributed by atoms with Crippen LogP contribution in [0.3, 0.4) is 0 Å². The Morgan fingerprint density at radius 1 is 0.931 bits per heavy atom. The molecule has 0 aliphatic heterocycles. The van der Waals surface area contributed by atoms with Gasteiger partial charge in [-0.05, 0) is 22.8 Å². The quantitative estimate of drug-likeness (QED) is 0.470. The second-order valence-electron chi connectivity index (χ2n) is 7.03. The summed E-state index contributed by atoms with van der Waals surface area (Å²) in [5.74, 6) is -0.288. The number of ether oxygens (including phenoxy) is 1. The molecule has 0 fully saturated rings. The van der Waals surface area contributed by atoms with Gasteiger partial charge in [0.1, 0.15) is 6.04 Å². The van der Waals surface area contributed by atoms with E-state index in [0.29, 0.717) is 6.54 Å². The fourth-order valence-corrected chi connectivity index (χ4v) is 3.69. The van der Waals surface area contributed by atoms with Gasteiger partial charge in [-0.3, -0.25) is 5.32 Å². The molecule has 0 bridgehead atoms. The predicted molar refractivity (Wildman–Crippen MR) is 116 cm³/mol. The first kappa shape index (κ1) is 19.0. The number of fused-ring (bicyclic) bond motifs is 1. The van der Waals surface area contributed by atoms with E-state index in [1.165, 1.54) is 23.6 Å². The Hall–Kier alpha value is -3.37. The van der Waals surface area contributed by atoms with Gasteiger partial charge < -0.3 is 9.30 Å². The molecule has 1 aromatic heterocycles. The average molecular weight is 384 g/mol. The SMILES string of the molecule is COC(=O)[C@H](NCc1cn(Cc2ccccc2)c2ccccc12)c1ccccc1. The molecule has 4 aromatic rings. The lowest BCUT2D eigenvalue weighted by molar-refractivity contribution is -0.143. The van der Waals surface area contributed by atoms with Crippen molar-refractivity contribution >= 4 is 16.9 Å². The molecule has 1 heterocycles. The van der Waals surface area contributed by atoms with E-state index in [2.05, 4.69) is 58.5 Å². The lowest BCUT2D eigenvalue weighted by Crippen LogP contribution is -2.29. The van der Waals surface area contributed by atoms with E-state index in [9.17, 15) is 4.79 Å². The van der Waals surface area contributed by atoms with E-state index in [0.717, 1.165) is 17.7 Å². The maximum Gasteiger partial charge on any atom is 0.327 e. The second kappa shape index (κ2) is 8.76. The fourth-order valence-electron chi connectivity index (χ4n) is 3.69. The molecule has 0 aliphatic carbocycles. The number of nitrogens with zero attached hydrogens (tertiary/aromatic N) is 1. The van der Waals surface area contributed by atoms with Crippen LogP contribution in [-0.4, -0.2) is 17.6 Å². The van der Waals surface area contributed by atoms with Crippen molar-refractivity contribution in [1.29, 1.82) is 0 Å².